The van der Waals surface area contributed by atoms with Crippen molar-refractivity contribution in [3.8, 4) is 0 Å². The molecule has 5 nitrogen and oxygen atoms in total. The number of nitrogens with one attached hydrogen (secondary N) is 2. The van der Waals surface area contributed by atoms with E-state index in [4.69, 9.17) is 0 Å². The number of pyridine rings is 1. The van der Waals surface area contributed by atoms with Crippen molar-refractivity contribution < 1.29 is 4.79 Å². The Labute approximate surface area is 145 Å². The molecular formula is C17H21BrN4O. The predicted molar refractivity (Wildman–Crippen MR) is 98.1 cm³/mol. The molecule has 0 aliphatic carbocycles. The molecule has 2 rings (SSSR count). The standard InChI is InChI=1S/C17H21BrN4O/c1-12-4-5-14(11-15(12)18)21-17(23)13-6-7-19-16(10-13)20-8-9-22(2)3/h4-7,10-11H,8-9H2,1-3H3,(H,19,20)(H,21,23). The highest BCUT2D eigenvalue weighted by Gasteiger charge is 2.08. The van der Waals surface area contributed by atoms with Gasteiger partial charge in [0.05, 0.1) is 0 Å². The van der Waals surface area contributed by atoms with E-state index >= 15 is 0 Å². The van der Waals surface area contributed by atoms with Gasteiger partial charge in [-0.15, -0.1) is 0 Å². The third kappa shape index (κ3) is 5.33. The van der Waals surface area contributed by atoms with E-state index in [0.717, 1.165) is 28.8 Å². The lowest BCUT2D eigenvalue weighted by Crippen LogP contribution is -2.21. The van der Waals surface area contributed by atoms with Crippen LogP contribution in [0.3, 0.4) is 0 Å². The van der Waals surface area contributed by atoms with Gasteiger partial charge in [0, 0.05) is 35.0 Å². The number of aromatic nitrogens is 1. The Balaban J connectivity index is 2.02. The predicted octanol–water partition coefficient (Wildman–Crippen LogP) is 3.38. The van der Waals surface area contributed by atoms with Crippen molar-refractivity contribution in [2.45, 2.75) is 6.92 Å². The molecule has 0 aliphatic rings. The maximum absolute atomic E-state index is 12.4. The maximum Gasteiger partial charge on any atom is 0.255 e. The molecule has 0 spiro atoms. The second-order valence-corrected chi connectivity index (χ2v) is 6.43. The Morgan fingerprint density at radius 1 is 1.26 bits per heavy atom. The smallest absolute Gasteiger partial charge is 0.255 e. The number of likely N-dealkylation sites (N-methyl/N-ethyl adjacent to an activating group) is 1. The summed E-state index contributed by atoms with van der Waals surface area (Å²) in [5.41, 5.74) is 2.45. The van der Waals surface area contributed by atoms with E-state index in [0.29, 0.717) is 11.4 Å². The quantitative estimate of drug-likeness (QED) is 0.811. The van der Waals surface area contributed by atoms with Crippen molar-refractivity contribution in [3.63, 3.8) is 0 Å². The summed E-state index contributed by atoms with van der Waals surface area (Å²) in [7, 11) is 4.03. The van der Waals surface area contributed by atoms with Crippen molar-refractivity contribution >= 4 is 33.3 Å². The van der Waals surface area contributed by atoms with Crippen LogP contribution in [0.4, 0.5) is 11.5 Å². The molecule has 1 heterocycles. The second-order valence-electron chi connectivity index (χ2n) is 5.58. The molecule has 0 fully saturated rings. The fraction of sp³-hybridized carbons (Fsp3) is 0.294. The van der Waals surface area contributed by atoms with Crippen LogP contribution in [0, 0.1) is 6.92 Å². The van der Waals surface area contributed by atoms with Crippen molar-refractivity contribution in [3.05, 3.63) is 52.1 Å². The normalized spacial score (nSPS) is 10.7. The molecule has 1 amide bonds. The van der Waals surface area contributed by atoms with Gasteiger partial charge in [0.15, 0.2) is 0 Å². The lowest BCUT2D eigenvalue weighted by molar-refractivity contribution is 0.102. The summed E-state index contributed by atoms with van der Waals surface area (Å²) in [5, 5.41) is 6.11. The summed E-state index contributed by atoms with van der Waals surface area (Å²) >= 11 is 3.47. The number of aryl methyl sites for hydroxylation is 1. The van der Waals surface area contributed by atoms with Crippen LogP contribution in [0.1, 0.15) is 15.9 Å². The zero-order chi connectivity index (χ0) is 16.8. The molecule has 23 heavy (non-hydrogen) atoms. The van der Waals surface area contributed by atoms with Crippen LogP contribution in [0.2, 0.25) is 0 Å². The van der Waals surface area contributed by atoms with Gasteiger partial charge in [0.25, 0.3) is 5.91 Å². The van der Waals surface area contributed by atoms with E-state index in [-0.39, 0.29) is 5.91 Å². The molecule has 0 unspecified atom stereocenters. The van der Waals surface area contributed by atoms with Crippen molar-refractivity contribution in [1.82, 2.24) is 9.88 Å². The summed E-state index contributed by atoms with van der Waals surface area (Å²) in [6.07, 6.45) is 1.64. The molecule has 6 heteroatoms. The number of rotatable bonds is 6. The van der Waals surface area contributed by atoms with Gasteiger partial charge < -0.3 is 15.5 Å². The zero-order valence-corrected chi connectivity index (χ0v) is 15.1. The maximum atomic E-state index is 12.4. The second kappa shape index (κ2) is 8.08. The van der Waals surface area contributed by atoms with E-state index in [1.54, 1.807) is 18.3 Å². The number of nitrogens with zero attached hydrogens (tertiary/aromatic N) is 2. The van der Waals surface area contributed by atoms with Crippen molar-refractivity contribution in [2.24, 2.45) is 0 Å². The highest BCUT2D eigenvalue weighted by molar-refractivity contribution is 9.10. The molecule has 0 atom stereocenters. The van der Waals surface area contributed by atoms with E-state index in [1.165, 1.54) is 0 Å². The summed E-state index contributed by atoms with van der Waals surface area (Å²) in [6.45, 7) is 3.68. The topological polar surface area (TPSA) is 57.3 Å². The Bertz CT molecular complexity index is 688. The molecule has 1 aromatic heterocycles. The van der Waals surface area contributed by atoms with Crippen LogP contribution in [0.25, 0.3) is 0 Å². The Kier molecular flexibility index (Phi) is 6.12. The number of halogens is 1. The number of hydrogen-bond donors (Lipinski definition) is 2. The average molecular weight is 377 g/mol. The summed E-state index contributed by atoms with van der Waals surface area (Å²) in [5.74, 6) is 0.545. The molecule has 0 bridgehead atoms. The molecule has 2 aromatic rings. The van der Waals surface area contributed by atoms with Gasteiger partial charge in [-0.25, -0.2) is 4.98 Å². The van der Waals surface area contributed by atoms with Gasteiger partial charge in [0.2, 0.25) is 0 Å². The lowest BCUT2D eigenvalue weighted by Gasteiger charge is -2.11. The summed E-state index contributed by atoms with van der Waals surface area (Å²) in [6, 6.07) is 9.20. The Hall–Kier alpha value is -1.92. The van der Waals surface area contributed by atoms with E-state index in [2.05, 4.69) is 36.4 Å². The molecule has 1 aromatic carbocycles. The number of benzene rings is 1. The first-order valence-corrected chi connectivity index (χ1v) is 8.17. The SMILES string of the molecule is Cc1ccc(NC(=O)c2ccnc(NCCN(C)C)c2)cc1Br. The molecular weight excluding hydrogens is 356 g/mol. The Morgan fingerprint density at radius 3 is 2.74 bits per heavy atom. The summed E-state index contributed by atoms with van der Waals surface area (Å²) < 4.78 is 0.969. The number of hydrogen-bond acceptors (Lipinski definition) is 4. The third-order valence-corrected chi connectivity index (χ3v) is 4.17. The van der Waals surface area contributed by atoms with Crippen molar-refractivity contribution in [2.75, 3.05) is 37.8 Å². The largest absolute Gasteiger partial charge is 0.369 e. The summed E-state index contributed by atoms with van der Waals surface area (Å²) in [4.78, 5) is 18.7. The highest BCUT2D eigenvalue weighted by atomic mass is 79.9. The van der Waals surface area contributed by atoms with Gasteiger partial charge >= 0.3 is 0 Å². The first-order valence-electron chi connectivity index (χ1n) is 7.38. The van der Waals surface area contributed by atoms with Crippen LogP contribution in [0.15, 0.2) is 41.0 Å². The van der Waals surface area contributed by atoms with Crippen LogP contribution in [-0.4, -0.2) is 43.0 Å². The van der Waals surface area contributed by atoms with E-state index in [9.17, 15) is 4.79 Å². The number of anilines is 2. The van der Waals surface area contributed by atoms with Gasteiger partial charge in [-0.3, -0.25) is 4.79 Å². The minimum absolute atomic E-state index is 0.154. The molecule has 122 valence electrons. The van der Waals surface area contributed by atoms with E-state index < -0.39 is 0 Å². The fourth-order valence-corrected chi connectivity index (χ4v) is 2.33. The van der Waals surface area contributed by atoms with Crippen LogP contribution in [-0.2, 0) is 0 Å². The van der Waals surface area contributed by atoms with Crippen LogP contribution in [0.5, 0.6) is 0 Å². The van der Waals surface area contributed by atoms with Crippen LogP contribution >= 0.6 is 15.9 Å². The molecule has 0 saturated carbocycles. The monoisotopic (exact) mass is 376 g/mol. The van der Waals surface area contributed by atoms with Crippen molar-refractivity contribution in [1.29, 1.82) is 0 Å². The molecule has 0 radical (unpaired) electrons. The minimum Gasteiger partial charge on any atom is -0.369 e. The van der Waals surface area contributed by atoms with Crippen LogP contribution < -0.4 is 10.6 Å². The van der Waals surface area contributed by atoms with Gasteiger partial charge in [-0.2, -0.15) is 0 Å². The van der Waals surface area contributed by atoms with Gasteiger partial charge in [-0.05, 0) is 50.8 Å². The first-order chi connectivity index (χ1) is 11.0. The average Bonchev–Trinajstić information content (AvgIpc) is 2.51. The zero-order valence-electron chi connectivity index (χ0n) is 13.6. The molecule has 2 N–H and O–H groups in total. The Morgan fingerprint density at radius 2 is 2.04 bits per heavy atom. The van der Waals surface area contributed by atoms with E-state index in [1.807, 2.05) is 39.2 Å². The fourth-order valence-electron chi connectivity index (χ4n) is 1.95. The highest BCUT2D eigenvalue weighted by Crippen LogP contribution is 2.21. The minimum atomic E-state index is -0.154. The first kappa shape index (κ1) is 17.4. The number of amides is 1. The molecule has 0 saturated heterocycles. The molecule has 0 aliphatic heterocycles. The third-order valence-electron chi connectivity index (χ3n) is 3.32. The number of carbonyl (C=O) groups is 1. The van der Waals surface area contributed by atoms with Gasteiger partial charge in [0.1, 0.15) is 5.82 Å². The van der Waals surface area contributed by atoms with Gasteiger partial charge in [-0.1, -0.05) is 22.0 Å². The lowest BCUT2D eigenvalue weighted by atomic mass is 10.2. The number of carbonyl (C=O) groups excluding carboxylic acids is 1.